The second-order valence-electron chi connectivity index (χ2n) is 5.34. The number of aryl methyl sites for hydroxylation is 1. The highest BCUT2D eigenvalue weighted by Gasteiger charge is 2.06. The van der Waals surface area contributed by atoms with Gasteiger partial charge in [-0.1, -0.05) is 53.6 Å². The largest absolute Gasteiger partial charge is 0.350 e. The van der Waals surface area contributed by atoms with Gasteiger partial charge in [-0.15, -0.1) is 0 Å². The Bertz CT molecular complexity index is 666. The zero-order valence-corrected chi connectivity index (χ0v) is 13.7. The number of hydrogen-bond acceptors (Lipinski definition) is 2. The second kappa shape index (κ2) is 8.34. The van der Waals surface area contributed by atoms with Crippen LogP contribution in [0.15, 0.2) is 48.5 Å². The van der Waals surface area contributed by atoms with Crippen molar-refractivity contribution < 1.29 is 9.59 Å². The van der Waals surface area contributed by atoms with Crippen molar-refractivity contribution in [2.24, 2.45) is 0 Å². The Hall–Kier alpha value is -2.33. The molecular formula is C18H19ClN2O2. The van der Waals surface area contributed by atoms with Gasteiger partial charge in [0.05, 0.1) is 13.0 Å². The fourth-order valence-corrected chi connectivity index (χ4v) is 2.12. The van der Waals surface area contributed by atoms with E-state index in [0.29, 0.717) is 11.6 Å². The lowest BCUT2D eigenvalue weighted by Crippen LogP contribution is -2.37. The first-order chi connectivity index (χ1) is 11.0. The molecule has 0 saturated carbocycles. The van der Waals surface area contributed by atoms with Crippen LogP contribution in [0.5, 0.6) is 0 Å². The van der Waals surface area contributed by atoms with Crippen LogP contribution in [0.2, 0.25) is 5.02 Å². The van der Waals surface area contributed by atoms with Crippen LogP contribution in [-0.4, -0.2) is 18.4 Å². The SMILES string of the molecule is Cc1ccc(CC(=O)NCC(=O)NCc2ccc(Cl)cc2)cc1. The molecule has 0 saturated heterocycles. The summed E-state index contributed by atoms with van der Waals surface area (Å²) in [5.74, 6) is -0.396. The minimum atomic E-state index is -0.225. The van der Waals surface area contributed by atoms with E-state index >= 15 is 0 Å². The van der Waals surface area contributed by atoms with Crippen LogP contribution in [-0.2, 0) is 22.6 Å². The summed E-state index contributed by atoms with van der Waals surface area (Å²) in [6.07, 6.45) is 0.269. The number of rotatable bonds is 6. The van der Waals surface area contributed by atoms with Crippen LogP contribution in [0.4, 0.5) is 0 Å². The predicted molar refractivity (Wildman–Crippen MR) is 91.2 cm³/mol. The molecule has 0 radical (unpaired) electrons. The number of carbonyl (C=O) groups excluding carboxylic acids is 2. The van der Waals surface area contributed by atoms with Gasteiger partial charge in [-0.3, -0.25) is 9.59 Å². The Morgan fingerprint density at radius 3 is 2.13 bits per heavy atom. The van der Waals surface area contributed by atoms with Crippen molar-refractivity contribution in [1.29, 1.82) is 0 Å². The number of amides is 2. The average molecular weight is 331 g/mol. The van der Waals surface area contributed by atoms with Crippen LogP contribution in [0.3, 0.4) is 0 Å². The van der Waals surface area contributed by atoms with E-state index in [9.17, 15) is 9.59 Å². The van der Waals surface area contributed by atoms with Crippen molar-refractivity contribution in [3.63, 3.8) is 0 Å². The summed E-state index contributed by atoms with van der Waals surface area (Å²) in [4.78, 5) is 23.5. The zero-order chi connectivity index (χ0) is 16.7. The van der Waals surface area contributed by atoms with Crippen molar-refractivity contribution in [2.45, 2.75) is 19.9 Å². The summed E-state index contributed by atoms with van der Waals surface area (Å²) in [7, 11) is 0. The molecule has 0 bridgehead atoms. The smallest absolute Gasteiger partial charge is 0.239 e. The molecule has 0 heterocycles. The van der Waals surface area contributed by atoms with Gasteiger partial charge in [0.2, 0.25) is 11.8 Å². The Morgan fingerprint density at radius 2 is 1.48 bits per heavy atom. The molecule has 0 aliphatic heterocycles. The number of hydrogen-bond donors (Lipinski definition) is 2. The van der Waals surface area contributed by atoms with Gasteiger partial charge in [-0.25, -0.2) is 0 Å². The molecule has 0 aliphatic carbocycles. The third kappa shape index (κ3) is 6.12. The quantitative estimate of drug-likeness (QED) is 0.855. The van der Waals surface area contributed by atoms with Crippen molar-refractivity contribution >= 4 is 23.4 Å². The van der Waals surface area contributed by atoms with Gasteiger partial charge in [0, 0.05) is 11.6 Å². The van der Waals surface area contributed by atoms with E-state index in [1.807, 2.05) is 43.3 Å². The van der Waals surface area contributed by atoms with Gasteiger partial charge >= 0.3 is 0 Å². The maximum atomic E-state index is 11.8. The van der Waals surface area contributed by atoms with Gasteiger partial charge in [-0.05, 0) is 30.2 Å². The minimum Gasteiger partial charge on any atom is -0.350 e. The van der Waals surface area contributed by atoms with Crippen LogP contribution in [0.25, 0.3) is 0 Å². The molecule has 23 heavy (non-hydrogen) atoms. The van der Waals surface area contributed by atoms with E-state index in [0.717, 1.165) is 16.7 Å². The molecule has 4 nitrogen and oxygen atoms in total. The first-order valence-electron chi connectivity index (χ1n) is 7.36. The Balaban J connectivity index is 1.70. The summed E-state index contributed by atoms with van der Waals surface area (Å²) >= 11 is 5.80. The molecule has 2 N–H and O–H groups in total. The number of benzene rings is 2. The molecule has 0 aliphatic rings. The first kappa shape index (κ1) is 17.0. The minimum absolute atomic E-state index is 0.0295. The zero-order valence-electron chi connectivity index (χ0n) is 12.9. The first-order valence-corrected chi connectivity index (χ1v) is 7.74. The predicted octanol–water partition coefficient (Wildman–Crippen LogP) is 2.62. The molecule has 0 aromatic heterocycles. The fraction of sp³-hybridized carbons (Fsp3) is 0.222. The third-order valence-corrected chi connectivity index (χ3v) is 3.59. The van der Waals surface area contributed by atoms with Gasteiger partial charge < -0.3 is 10.6 Å². The molecule has 0 atom stereocenters. The molecule has 0 fully saturated rings. The van der Waals surface area contributed by atoms with Crippen LogP contribution in [0.1, 0.15) is 16.7 Å². The van der Waals surface area contributed by atoms with Crippen molar-refractivity contribution in [3.05, 3.63) is 70.2 Å². The lowest BCUT2D eigenvalue weighted by atomic mass is 10.1. The second-order valence-corrected chi connectivity index (χ2v) is 5.78. The van der Waals surface area contributed by atoms with Crippen molar-refractivity contribution in [2.75, 3.05) is 6.54 Å². The molecule has 120 valence electrons. The Kier molecular flexibility index (Phi) is 6.18. The van der Waals surface area contributed by atoms with E-state index in [1.54, 1.807) is 12.1 Å². The third-order valence-electron chi connectivity index (χ3n) is 3.33. The number of nitrogens with one attached hydrogen (secondary N) is 2. The summed E-state index contributed by atoms with van der Waals surface area (Å²) in [6.45, 7) is 2.37. The van der Waals surface area contributed by atoms with Crippen LogP contribution < -0.4 is 10.6 Å². The van der Waals surface area contributed by atoms with Gasteiger partial charge in [-0.2, -0.15) is 0 Å². The average Bonchev–Trinajstić information content (AvgIpc) is 2.54. The number of carbonyl (C=O) groups is 2. The summed E-state index contributed by atoms with van der Waals surface area (Å²) in [6, 6.07) is 15.0. The molecule has 2 rings (SSSR count). The maximum Gasteiger partial charge on any atom is 0.239 e. The standard InChI is InChI=1S/C18H19ClN2O2/c1-13-2-4-14(5-3-13)10-17(22)21-12-18(23)20-11-15-6-8-16(19)9-7-15/h2-9H,10-12H2,1H3,(H,20,23)(H,21,22). The fourth-order valence-electron chi connectivity index (χ4n) is 2.00. The molecule has 2 aromatic carbocycles. The van der Waals surface area contributed by atoms with Crippen molar-refractivity contribution in [3.8, 4) is 0 Å². The normalized spacial score (nSPS) is 10.2. The van der Waals surface area contributed by atoms with E-state index in [2.05, 4.69) is 10.6 Å². The van der Waals surface area contributed by atoms with Crippen molar-refractivity contribution in [1.82, 2.24) is 10.6 Å². The van der Waals surface area contributed by atoms with Crippen LogP contribution in [0, 0.1) is 6.92 Å². The summed E-state index contributed by atoms with van der Waals surface area (Å²) in [5.41, 5.74) is 3.03. The number of halogens is 1. The molecular weight excluding hydrogens is 312 g/mol. The Morgan fingerprint density at radius 1 is 0.870 bits per heavy atom. The molecule has 2 amide bonds. The molecule has 0 spiro atoms. The highest BCUT2D eigenvalue weighted by atomic mass is 35.5. The summed E-state index contributed by atoms with van der Waals surface area (Å²) in [5, 5.41) is 6.02. The van der Waals surface area contributed by atoms with E-state index < -0.39 is 0 Å². The monoisotopic (exact) mass is 330 g/mol. The molecule has 5 heteroatoms. The van der Waals surface area contributed by atoms with Crippen LogP contribution >= 0.6 is 11.6 Å². The highest BCUT2D eigenvalue weighted by Crippen LogP contribution is 2.09. The van der Waals surface area contributed by atoms with E-state index in [1.165, 1.54) is 0 Å². The topological polar surface area (TPSA) is 58.2 Å². The maximum absolute atomic E-state index is 11.8. The summed E-state index contributed by atoms with van der Waals surface area (Å²) < 4.78 is 0. The van der Waals surface area contributed by atoms with E-state index in [4.69, 9.17) is 11.6 Å². The Labute approximate surface area is 140 Å². The lowest BCUT2D eigenvalue weighted by molar-refractivity contribution is -0.125. The van der Waals surface area contributed by atoms with Gasteiger partial charge in [0.25, 0.3) is 0 Å². The lowest BCUT2D eigenvalue weighted by Gasteiger charge is -2.07. The molecule has 0 unspecified atom stereocenters. The molecule has 2 aromatic rings. The van der Waals surface area contributed by atoms with Gasteiger partial charge in [0.15, 0.2) is 0 Å². The van der Waals surface area contributed by atoms with Gasteiger partial charge in [0.1, 0.15) is 0 Å². The highest BCUT2D eigenvalue weighted by molar-refractivity contribution is 6.30. The van der Waals surface area contributed by atoms with E-state index in [-0.39, 0.29) is 24.8 Å².